The highest BCUT2D eigenvalue weighted by Gasteiger charge is 2.17. The Kier molecular flexibility index (Phi) is 8.07. The SMILES string of the molecule is COc1ccc(C(=O)Nc2ccc(SC(C)C(=O)Nc3nc(-c4ccccc4Cl)cs3)cc2)cc1. The predicted molar refractivity (Wildman–Crippen MR) is 144 cm³/mol. The van der Waals surface area contributed by atoms with E-state index in [1.807, 2.05) is 60.8 Å². The molecule has 0 fully saturated rings. The quantitative estimate of drug-likeness (QED) is 0.247. The first-order chi connectivity index (χ1) is 16.9. The smallest absolute Gasteiger partial charge is 0.255 e. The van der Waals surface area contributed by atoms with Crippen molar-refractivity contribution in [2.75, 3.05) is 17.7 Å². The Morgan fingerprint density at radius 1 is 1.00 bits per heavy atom. The summed E-state index contributed by atoms with van der Waals surface area (Å²) in [5, 5.41) is 8.40. The number of hydrogen-bond acceptors (Lipinski definition) is 6. The molecule has 35 heavy (non-hydrogen) atoms. The van der Waals surface area contributed by atoms with Crippen LogP contribution >= 0.6 is 34.7 Å². The van der Waals surface area contributed by atoms with Gasteiger partial charge in [-0.2, -0.15) is 0 Å². The second kappa shape index (κ2) is 11.4. The van der Waals surface area contributed by atoms with Gasteiger partial charge in [-0.05, 0) is 61.5 Å². The average molecular weight is 524 g/mol. The molecule has 0 aliphatic heterocycles. The summed E-state index contributed by atoms with van der Waals surface area (Å²) in [7, 11) is 1.58. The molecule has 0 saturated heterocycles. The van der Waals surface area contributed by atoms with E-state index in [1.165, 1.54) is 23.1 Å². The number of thiazole rings is 1. The summed E-state index contributed by atoms with van der Waals surface area (Å²) in [4.78, 5) is 30.5. The highest BCUT2D eigenvalue weighted by molar-refractivity contribution is 8.00. The molecule has 2 amide bonds. The fourth-order valence-electron chi connectivity index (χ4n) is 3.15. The van der Waals surface area contributed by atoms with Crippen molar-refractivity contribution < 1.29 is 14.3 Å². The van der Waals surface area contributed by atoms with Crippen LogP contribution in [-0.4, -0.2) is 29.2 Å². The maximum absolute atomic E-state index is 12.7. The highest BCUT2D eigenvalue weighted by atomic mass is 35.5. The van der Waals surface area contributed by atoms with Gasteiger partial charge in [0.25, 0.3) is 5.91 Å². The average Bonchev–Trinajstić information content (AvgIpc) is 3.33. The third-order valence-corrected chi connectivity index (χ3v) is 7.23. The third-order valence-electron chi connectivity index (χ3n) is 5.03. The Bertz CT molecular complexity index is 1320. The van der Waals surface area contributed by atoms with Crippen LogP contribution in [0.5, 0.6) is 5.75 Å². The maximum Gasteiger partial charge on any atom is 0.255 e. The zero-order valence-electron chi connectivity index (χ0n) is 18.9. The molecule has 0 spiro atoms. The van der Waals surface area contributed by atoms with E-state index in [0.29, 0.717) is 27.2 Å². The molecule has 2 N–H and O–H groups in total. The van der Waals surface area contributed by atoms with Crippen molar-refractivity contribution in [2.24, 2.45) is 0 Å². The summed E-state index contributed by atoms with van der Waals surface area (Å²) < 4.78 is 5.12. The summed E-state index contributed by atoms with van der Waals surface area (Å²) >= 11 is 9.02. The molecule has 0 radical (unpaired) electrons. The number of anilines is 2. The van der Waals surface area contributed by atoms with Crippen LogP contribution in [0.1, 0.15) is 17.3 Å². The van der Waals surface area contributed by atoms with Gasteiger partial charge in [-0.3, -0.25) is 9.59 Å². The van der Waals surface area contributed by atoms with E-state index in [9.17, 15) is 9.59 Å². The number of methoxy groups -OCH3 is 1. The van der Waals surface area contributed by atoms with Crippen LogP contribution in [0.4, 0.5) is 10.8 Å². The van der Waals surface area contributed by atoms with Gasteiger partial charge in [-0.25, -0.2) is 4.98 Å². The van der Waals surface area contributed by atoms with E-state index >= 15 is 0 Å². The molecule has 1 atom stereocenters. The normalized spacial score (nSPS) is 11.5. The topological polar surface area (TPSA) is 80.3 Å². The molecule has 6 nitrogen and oxygen atoms in total. The lowest BCUT2D eigenvalue weighted by molar-refractivity contribution is -0.115. The van der Waals surface area contributed by atoms with E-state index in [-0.39, 0.29) is 17.1 Å². The number of thioether (sulfide) groups is 1. The molecule has 0 bridgehead atoms. The standard InChI is InChI=1S/C26H22ClN3O3S2/c1-16(24(31)30-26-29-23(15-34-26)21-5-3-4-6-22(21)27)35-20-13-9-18(10-14-20)28-25(32)17-7-11-19(33-2)12-8-17/h3-16H,1-2H3,(H,28,32)(H,29,30,31). The molecule has 3 aromatic carbocycles. The van der Waals surface area contributed by atoms with Crippen molar-refractivity contribution in [1.82, 2.24) is 4.98 Å². The lowest BCUT2D eigenvalue weighted by atomic mass is 10.2. The number of aromatic nitrogens is 1. The van der Waals surface area contributed by atoms with E-state index in [2.05, 4.69) is 15.6 Å². The Morgan fingerprint density at radius 2 is 1.71 bits per heavy atom. The molecule has 178 valence electrons. The Morgan fingerprint density at radius 3 is 2.40 bits per heavy atom. The first-order valence-electron chi connectivity index (χ1n) is 10.7. The number of benzene rings is 3. The van der Waals surface area contributed by atoms with Crippen molar-refractivity contribution in [3.05, 3.63) is 88.8 Å². The number of rotatable bonds is 8. The van der Waals surface area contributed by atoms with Crippen molar-refractivity contribution >= 4 is 57.3 Å². The van der Waals surface area contributed by atoms with Gasteiger partial charge in [0.15, 0.2) is 5.13 Å². The lowest BCUT2D eigenvalue weighted by Gasteiger charge is -2.11. The monoisotopic (exact) mass is 523 g/mol. The van der Waals surface area contributed by atoms with Crippen molar-refractivity contribution in [3.63, 3.8) is 0 Å². The largest absolute Gasteiger partial charge is 0.497 e. The van der Waals surface area contributed by atoms with Crippen LogP contribution in [0, 0.1) is 0 Å². The molecule has 0 aliphatic carbocycles. The molecule has 0 aliphatic rings. The lowest BCUT2D eigenvalue weighted by Crippen LogP contribution is -2.22. The molecule has 4 rings (SSSR count). The number of ether oxygens (including phenoxy) is 1. The second-order valence-corrected chi connectivity index (χ2v) is 10.2. The van der Waals surface area contributed by atoms with Gasteiger partial charge in [0.2, 0.25) is 5.91 Å². The predicted octanol–water partition coefficient (Wildman–Crippen LogP) is 6.84. The Hall–Kier alpha value is -3.33. The van der Waals surface area contributed by atoms with E-state index in [4.69, 9.17) is 16.3 Å². The van der Waals surface area contributed by atoms with Crippen molar-refractivity contribution in [2.45, 2.75) is 17.1 Å². The van der Waals surface area contributed by atoms with Gasteiger partial charge in [0.05, 0.1) is 18.1 Å². The number of carbonyl (C=O) groups excluding carboxylic acids is 2. The molecular formula is C26H22ClN3O3S2. The Labute approximate surface area is 216 Å². The molecule has 1 aromatic heterocycles. The molecule has 1 unspecified atom stereocenters. The minimum absolute atomic E-state index is 0.146. The minimum atomic E-state index is -0.345. The minimum Gasteiger partial charge on any atom is -0.497 e. The number of halogens is 1. The van der Waals surface area contributed by atoms with Crippen LogP contribution in [0.2, 0.25) is 5.02 Å². The molecule has 1 heterocycles. The van der Waals surface area contributed by atoms with Gasteiger partial charge in [0, 0.05) is 32.1 Å². The summed E-state index contributed by atoms with van der Waals surface area (Å²) in [5.74, 6) is 0.337. The van der Waals surface area contributed by atoms with E-state index in [1.54, 1.807) is 31.4 Å². The molecule has 0 saturated carbocycles. The number of nitrogens with zero attached hydrogens (tertiary/aromatic N) is 1. The molecular weight excluding hydrogens is 502 g/mol. The summed E-state index contributed by atoms with van der Waals surface area (Å²) in [6.45, 7) is 1.84. The fourth-order valence-corrected chi connectivity index (χ4v) is 4.96. The number of nitrogens with one attached hydrogen (secondary N) is 2. The zero-order valence-corrected chi connectivity index (χ0v) is 21.3. The van der Waals surface area contributed by atoms with Crippen molar-refractivity contribution in [3.8, 4) is 17.0 Å². The summed E-state index contributed by atoms with van der Waals surface area (Å²) in [6, 6.07) is 21.7. The molecule has 9 heteroatoms. The Balaban J connectivity index is 1.31. The van der Waals surface area contributed by atoms with Crippen LogP contribution < -0.4 is 15.4 Å². The fraction of sp³-hybridized carbons (Fsp3) is 0.115. The highest BCUT2D eigenvalue weighted by Crippen LogP contribution is 2.31. The van der Waals surface area contributed by atoms with Gasteiger partial charge in [-0.15, -0.1) is 23.1 Å². The number of carbonyl (C=O) groups is 2. The van der Waals surface area contributed by atoms with Crippen LogP contribution in [-0.2, 0) is 4.79 Å². The van der Waals surface area contributed by atoms with Crippen molar-refractivity contribution in [1.29, 1.82) is 0 Å². The second-order valence-electron chi connectivity index (χ2n) is 7.47. The first kappa shape index (κ1) is 24.8. The van der Waals surface area contributed by atoms with Gasteiger partial charge in [0.1, 0.15) is 5.75 Å². The maximum atomic E-state index is 12.7. The van der Waals surface area contributed by atoms with E-state index in [0.717, 1.165) is 16.2 Å². The molecule has 4 aromatic rings. The van der Waals surface area contributed by atoms with Crippen LogP contribution in [0.25, 0.3) is 11.3 Å². The van der Waals surface area contributed by atoms with Gasteiger partial charge >= 0.3 is 0 Å². The van der Waals surface area contributed by atoms with Crippen LogP contribution in [0.15, 0.2) is 83.1 Å². The summed E-state index contributed by atoms with van der Waals surface area (Å²) in [5.41, 5.74) is 2.76. The van der Waals surface area contributed by atoms with Gasteiger partial charge < -0.3 is 15.4 Å². The van der Waals surface area contributed by atoms with E-state index < -0.39 is 0 Å². The third kappa shape index (κ3) is 6.42. The van der Waals surface area contributed by atoms with Crippen LogP contribution in [0.3, 0.4) is 0 Å². The first-order valence-corrected chi connectivity index (χ1v) is 12.8. The zero-order chi connectivity index (χ0) is 24.8. The summed E-state index contributed by atoms with van der Waals surface area (Å²) in [6.07, 6.45) is 0. The van der Waals surface area contributed by atoms with Gasteiger partial charge in [-0.1, -0.05) is 29.8 Å². The number of hydrogen-bond donors (Lipinski definition) is 2. The number of amides is 2.